The molecule has 0 aliphatic heterocycles. The average molecular weight is 244 g/mol. The minimum atomic E-state index is 0.875. The predicted octanol–water partition coefficient (Wildman–Crippen LogP) is 5.13. The molecule has 0 fully saturated rings. The molecule has 19 heavy (non-hydrogen) atoms. The van der Waals surface area contributed by atoms with Crippen LogP contribution in [0.4, 0.5) is 0 Å². The van der Waals surface area contributed by atoms with Crippen molar-refractivity contribution in [3.63, 3.8) is 0 Å². The van der Waals surface area contributed by atoms with Crippen LogP contribution in [0.25, 0.3) is 22.3 Å². The Balaban J connectivity index is 1.79. The van der Waals surface area contributed by atoms with Crippen molar-refractivity contribution in [3.05, 3.63) is 72.8 Å². The summed E-state index contributed by atoms with van der Waals surface area (Å²) in [6.07, 6.45) is 0. The molecular weight excluding hydrogens is 232 g/mol. The van der Waals surface area contributed by atoms with Gasteiger partial charge >= 0.3 is 0 Å². The number of rotatable bonds is 2. The molecule has 0 N–H and O–H groups in total. The lowest BCUT2D eigenvalue weighted by atomic mass is 9.80. The van der Waals surface area contributed by atoms with Crippen molar-refractivity contribution in [1.82, 2.24) is 0 Å². The first-order valence-corrected chi connectivity index (χ1v) is 6.39. The summed E-state index contributed by atoms with van der Waals surface area (Å²) in [6, 6.07) is 24.6. The van der Waals surface area contributed by atoms with Gasteiger partial charge in [0.2, 0.25) is 0 Å². The van der Waals surface area contributed by atoms with Crippen molar-refractivity contribution < 1.29 is 4.74 Å². The molecule has 1 heteroatoms. The zero-order valence-electron chi connectivity index (χ0n) is 10.3. The summed E-state index contributed by atoms with van der Waals surface area (Å²) in [7, 11) is 0. The molecule has 0 saturated heterocycles. The van der Waals surface area contributed by atoms with Crippen LogP contribution in [-0.4, -0.2) is 0 Å². The van der Waals surface area contributed by atoms with Crippen molar-refractivity contribution >= 4 is 0 Å². The van der Waals surface area contributed by atoms with E-state index in [1.807, 2.05) is 42.5 Å². The van der Waals surface area contributed by atoms with Crippen LogP contribution in [0.15, 0.2) is 72.8 Å². The van der Waals surface area contributed by atoms with Crippen LogP contribution in [0.3, 0.4) is 0 Å². The lowest BCUT2D eigenvalue weighted by Gasteiger charge is -2.26. The SMILES string of the molecule is c1ccc(Oc2cccc3c2-c2ccccc2-3)cc1. The third-order valence-corrected chi connectivity index (χ3v) is 3.48. The van der Waals surface area contributed by atoms with Gasteiger partial charge in [-0.25, -0.2) is 0 Å². The van der Waals surface area contributed by atoms with Crippen molar-refractivity contribution in [1.29, 1.82) is 0 Å². The largest absolute Gasteiger partial charge is 0.457 e. The van der Waals surface area contributed by atoms with Crippen molar-refractivity contribution in [2.24, 2.45) is 0 Å². The maximum absolute atomic E-state index is 6.00. The molecule has 90 valence electrons. The van der Waals surface area contributed by atoms with E-state index in [9.17, 15) is 0 Å². The van der Waals surface area contributed by atoms with Crippen LogP contribution in [0.5, 0.6) is 11.5 Å². The van der Waals surface area contributed by atoms with Crippen LogP contribution in [0, 0.1) is 0 Å². The highest BCUT2D eigenvalue weighted by molar-refractivity contribution is 6.05. The third-order valence-electron chi connectivity index (χ3n) is 3.48. The highest BCUT2D eigenvalue weighted by Crippen LogP contribution is 2.52. The van der Waals surface area contributed by atoms with Crippen molar-refractivity contribution in [2.45, 2.75) is 0 Å². The number of hydrogen-bond donors (Lipinski definition) is 0. The van der Waals surface area contributed by atoms with Crippen LogP contribution in [0.1, 0.15) is 0 Å². The minimum absolute atomic E-state index is 0.875. The van der Waals surface area contributed by atoms with Gasteiger partial charge in [0.15, 0.2) is 0 Å². The number of benzene rings is 3. The van der Waals surface area contributed by atoms with E-state index in [4.69, 9.17) is 4.74 Å². The zero-order valence-corrected chi connectivity index (χ0v) is 10.3. The maximum atomic E-state index is 6.00. The van der Waals surface area contributed by atoms with Gasteiger partial charge in [-0.3, -0.25) is 0 Å². The second-order valence-electron chi connectivity index (χ2n) is 4.64. The Kier molecular flexibility index (Phi) is 2.18. The zero-order chi connectivity index (χ0) is 12.7. The Labute approximate surface area is 112 Å². The highest BCUT2D eigenvalue weighted by Gasteiger charge is 2.25. The normalized spacial score (nSPS) is 11.2. The average Bonchev–Trinajstić information content (AvgIpc) is 2.45. The smallest absolute Gasteiger partial charge is 0.135 e. The molecule has 0 aromatic heterocycles. The molecular formula is C18H12O. The van der Waals surface area contributed by atoms with Gasteiger partial charge in [0, 0.05) is 5.56 Å². The first-order chi connectivity index (χ1) is 9.43. The van der Waals surface area contributed by atoms with Gasteiger partial charge < -0.3 is 4.74 Å². The fourth-order valence-corrected chi connectivity index (χ4v) is 2.61. The molecule has 0 unspecified atom stereocenters. The number of ether oxygens (including phenoxy) is 1. The first-order valence-electron chi connectivity index (χ1n) is 6.39. The Morgan fingerprint density at radius 3 is 2.05 bits per heavy atom. The summed E-state index contributed by atoms with van der Waals surface area (Å²) in [5.41, 5.74) is 5.10. The lowest BCUT2D eigenvalue weighted by Crippen LogP contribution is -2.00. The molecule has 1 aliphatic carbocycles. The lowest BCUT2D eigenvalue weighted by molar-refractivity contribution is 0.484. The molecule has 0 spiro atoms. The van der Waals surface area contributed by atoms with Crippen molar-refractivity contribution in [2.75, 3.05) is 0 Å². The van der Waals surface area contributed by atoms with Crippen LogP contribution in [0.2, 0.25) is 0 Å². The van der Waals surface area contributed by atoms with Gasteiger partial charge in [-0.05, 0) is 34.9 Å². The van der Waals surface area contributed by atoms with Crippen molar-refractivity contribution in [3.8, 4) is 33.8 Å². The predicted molar refractivity (Wildman–Crippen MR) is 77.4 cm³/mol. The van der Waals surface area contributed by atoms with E-state index in [2.05, 4.69) is 30.3 Å². The summed E-state index contributed by atoms with van der Waals surface area (Å²) in [6.45, 7) is 0. The highest BCUT2D eigenvalue weighted by atomic mass is 16.5. The second kappa shape index (κ2) is 3.99. The molecule has 1 aliphatic rings. The van der Waals surface area contributed by atoms with E-state index in [1.54, 1.807) is 0 Å². The number of para-hydroxylation sites is 1. The molecule has 4 rings (SSSR count). The van der Waals surface area contributed by atoms with Gasteiger partial charge in [0.1, 0.15) is 11.5 Å². The molecule has 0 saturated carbocycles. The fourth-order valence-electron chi connectivity index (χ4n) is 2.61. The molecule has 0 amide bonds. The van der Waals surface area contributed by atoms with E-state index in [0.29, 0.717) is 0 Å². The van der Waals surface area contributed by atoms with Gasteiger partial charge in [0.25, 0.3) is 0 Å². The Morgan fingerprint density at radius 2 is 1.21 bits per heavy atom. The Bertz CT molecular complexity index is 745. The Hall–Kier alpha value is -2.54. The molecule has 0 heterocycles. The molecule has 1 nitrogen and oxygen atoms in total. The quantitative estimate of drug-likeness (QED) is 0.475. The summed E-state index contributed by atoms with van der Waals surface area (Å²) in [5, 5.41) is 0. The van der Waals surface area contributed by atoms with Crippen LogP contribution < -0.4 is 4.74 Å². The summed E-state index contributed by atoms with van der Waals surface area (Å²) >= 11 is 0. The van der Waals surface area contributed by atoms with E-state index in [-0.39, 0.29) is 0 Å². The van der Waals surface area contributed by atoms with E-state index >= 15 is 0 Å². The first kappa shape index (κ1) is 10.4. The molecule has 0 atom stereocenters. The van der Waals surface area contributed by atoms with Crippen LogP contribution >= 0.6 is 0 Å². The second-order valence-corrected chi connectivity index (χ2v) is 4.64. The topological polar surface area (TPSA) is 9.23 Å². The fraction of sp³-hybridized carbons (Fsp3) is 0. The van der Waals surface area contributed by atoms with Gasteiger partial charge in [-0.2, -0.15) is 0 Å². The Morgan fingerprint density at radius 1 is 0.526 bits per heavy atom. The van der Waals surface area contributed by atoms with Crippen LogP contribution in [-0.2, 0) is 0 Å². The molecule has 3 aromatic carbocycles. The standard InChI is InChI=1S/C18H12O/c1-2-7-13(8-3-1)19-17-12-6-11-16-14-9-4-5-10-15(14)18(16)17/h1-12H. The van der Waals surface area contributed by atoms with E-state index in [1.165, 1.54) is 22.3 Å². The minimum Gasteiger partial charge on any atom is -0.457 e. The van der Waals surface area contributed by atoms with E-state index in [0.717, 1.165) is 11.5 Å². The molecule has 0 bridgehead atoms. The number of hydrogen-bond acceptors (Lipinski definition) is 1. The van der Waals surface area contributed by atoms with Gasteiger partial charge in [0.05, 0.1) is 0 Å². The maximum Gasteiger partial charge on any atom is 0.135 e. The third kappa shape index (κ3) is 1.55. The summed E-state index contributed by atoms with van der Waals surface area (Å²) in [5.74, 6) is 1.81. The molecule has 3 aromatic rings. The summed E-state index contributed by atoms with van der Waals surface area (Å²) in [4.78, 5) is 0. The van der Waals surface area contributed by atoms with Gasteiger partial charge in [-0.1, -0.05) is 54.6 Å². The number of fused-ring (bicyclic) bond motifs is 4. The molecule has 0 radical (unpaired) electrons. The van der Waals surface area contributed by atoms with Gasteiger partial charge in [-0.15, -0.1) is 0 Å². The van der Waals surface area contributed by atoms with E-state index < -0.39 is 0 Å². The summed E-state index contributed by atoms with van der Waals surface area (Å²) < 4.78 is 6.00. The monoisotopic (exact) mass is 244 g/mol.